The van der Waals surface area contributed by atoms with Crippen molar-refractivity contribution in [2.45, 2.75) is 77.8 Å². The van der Waals surface area contributed by atoms with Crippen LogP contribution in [0.2, 0.25) is 10.2 Å². The first-order valence-corrected chi connectivity index (χ1v) is 37.7. The van der Waals surface area contributed by atoms with Gasteiger partial charge in [-0.05, 0) is 155 Å². The molecular formula is C88H89BCl2N20O5. The normalized spacial score (nSPS) is 13.1. The molecule has 0 aliphatic carbocycles. The van der Waals surface area contributed by atoms with Crippen LogP contribution in [-0.4, -0.2) is 109 Å². The van der Waals surface area contributed by atoms with Crippen LogP contribution in [0.1, 0.15) is 89.2 Å². The van der Waals surface area contributed by atoms with Crippen molar-refractivity contribution in [2.24, 2.45) is 11.5 Å². The SMILES string of the molecule is CN(C)c1cncc(B2OC(C)(C)C(C)(C)O2)c1.C[C@H](N)c1cc2cccc(-c3cncc(N(C)C)c3)c2c(=O)n1-c1ccccc1.C[C@H](N)c1cc2cccc(Cl)c2c(=O)n1-c1ccccc1.N#Cc1cnc(N)nc1Cl.[C-]#[N+]c1cnc(N)nc1N[C@@H](C)c1cc2cccc(-c3cncc(N(C)C)c3)c2c(=O)n1-c1ccccc1. The smallest absolute Gasteiger partial charge is 0.399 e. The fourth-order valence-corrected chi connectivity index (χ4v) is 13.3. The van der Waals surface area contributed by atoms with Crippen molar-refractivity contribution in [1.29, 1.82) is 5.26 Å². The third-order valence-electron chi connectivity index (χ3n) is 19.6. The van der Waals surface area contributed by atoms with E-state index in [9.17, 15) is 14.4 Å². The molecule has 6 aromatic carbocycles. The van der Waals surface area contributed by atoms with Crippen LogP contribution in [0.25, 0.3) is 76.5 Å². The average molecular weight is 1590 g/mol. The predicted octanol–water partition coefficient (Wildman–Crippen LogP) is 15.0. The third kappa shape index (κ3) is 18.7. The molecule has 0 amide bonds. The van der Waals surface area contributed by atoms with Crippen molar-refractivity contribution < 1.29 is 9.31 Å². The summed E-state index contributed by atoms with van der Waals surface area (Å²) in [6.07, 6.45) is 13.5. The van der Waals surface area contributed by atoms with Crippen molar-refractivity contribution in [3.63, 3.8) is 0 Å². The molecule has 0 spiro atoms. The molecule has 8 aromatic heterocycles. The van der Waals surface area contributed by atoms with E-state index in [2.05, 4.69) is 78.8 Å². The molecule has 0 radical (unpaired) electrons. The maximum absolute atomic E-state index is 14.3. The van der Waals surface area contributed by atoms with E-state index < -0.39 is 6.04 Å². The summed E-state index contributed by atoms with van der Waals surface area (Å²) in [5.41, 5.74) is 34.7. The summed E-state index contributed by atoms with van der Waals surface area (Å²) < 4.78 is 17.1. The number of nitrogens with one attached hydrogen (secondary N) is 1. The second kappa shape index (κ2) is 36.3. The van der Waals surface area contributed by atoms with Gasteiger partial charge in [0.15, 0.2) is 5.15 Å². The second-order valence-electron chi connectivity index (χ2n) is 29.1. The van der Waals surface area contributed by atoms with E-state index in [0.29, 0.717) is 32.7 Å². The molecule has 9 heterocycles. The molecule has 1 aliphatic rings. The van der Waals surface area contributed by atoms with Crippen LogP contribution in [0, 0.1) is 17.9 Å². The van der Waals surface area contributed by atoms with Crippen LogP contribution in [-0.2, 0) is 9.31 Å². The van der Waals surface area contributed by atoms with Gasteiger partial charge in [0.2, 0.25) is 17.6 Å². The zero-order valence-corrected chi connectivity index (χ0v) is 68.1. The zero-order valence-electron chi connectivity index (χ0n) is 66.6. The van der Waals surface area contributed by atoms with E-state index in [1.807, 2.05) is 266 Å². The van der Waals surface area contributed by atoms with E-state index in [-0.39, 0.29) is 75.4 Å². The topological polar surface area (TPSA) is 329 Å². The van der Waals surface area contributed by atoms with Crippen LogP contribution in [0.4, 0.5) is 40.5 Å². The summed E-state index contributed by atoms with van der Waals surface area (Å²) in [6.45, 7) is 21.4. The van der Waals surface area contributed by atoms with Crippen molar-refractivity contribution in [1.82, 2.24) is 48.6 Å². The lowest BCUT2D eigenvalue weighted by Gasteiger charge is -2.32. The van der Waals surface area contributed by atoms with E-state index in [4.69, 9.17) is 67.3 Å². The molecule has 15 rings (SSSR count). The molecule has 588 valence electrons. The van der Waals surface area contributed by atoms with Crippen LogP contribution in [0.3, 0.4) is 0 Å². The molecule has 14 aromatic rings. The second-order valence-corrected chi connectivity index (χ2v) is 29.8. The number of nitrogens with two attached hydrogens (primary N) is 4. The Morgan fingerprint density at radius 2 is 0.905 bits per heavy atom. The Bertz CT molecular complexity index is 6160. The van der Waals surface area contributed by atoms with E-state index >= 15 is 0 Å². The number of benzene rings is 6. The molecule has 0 unspecified atom stereocenters. The van der Waals surface area contributed by atoms with Gasteiger partial charge in [-0.25, -0.2) is 19.8 Å². The summed E-state index contributed by atoms with van der Waals surface area (Å²) in [7, 11) is 11.5. The fourth-order valence-electron chi connectivity index (χ4n) is 12.8. The summed E-state index contributed by atoms with van der Waals surface area (Å²) >= 11 is 11.7. The largest absolute Gasteiger partial charge is 0.496 e. The molecule has 1 saturated heterocycles. The van der Waals surface area contributed by atoms with Gasteiger partial charge in [-0.2, -0.15) is 10.2 Å². The van der Waals surface area contributed by atoms with Gasteiger partial charge in [0, 0.05) is 130 Å². The number of rotatable bonds is 14. The van der Waals surface area contributed by atoms with Gasteiger partial charge in [0.25, 0.3) is 16.7 Å². The van der Waals surface area contributed by atoms with Gasteiger partial charge >= 0.3 is 7.12 Å². The van der Waals surface area contributed by atoms with Crippen LogP contribution in [0.5, 0.6) is 0 Å². The van der Waals surface area contributed by atoms with Crippen molar-refractivity contribution in [2.75, 3.05) is 73.8 Å². The van der Waals surface area contributed by atoms with E-state index in [0.717, 1.165) is 89.4 Å². The molecule has 116 heavy (non-hydrogen) atoms. The van der Waals surface area contributed by atoms with E-state index in [1.54, 1.807) is 44.6 Å². The van der Waals surface area contributed by atoms with Crippen molar-refractivity contribution in [3.05, 3.63) is 307 Å². The lowest BCUT2D eigenvalue weighted by molar-refractivity contribution is 0.00578. The number of pyridine rings is 6. The highest BCUT2D eigenvalue weighted by Gasteiger charge is 2.52. The fraction of sp³-hybridized carbons (Fsp3) is 0.205. The highest BCUT2D eigenvalue weighted by Crippen LogP contribution is 2.38. The number of aromatic nitrogens is 10. The minimum Gasteiger partial charge on any atom is -0.399 e. The average Bonchev–Trinajstić information content (AvgIpc) is 1.03. The van der Waals surface area contributed by atoms with Gasteiger partial charge in [-0.1, -0.05) is 126 Å². The Morgan fingerprint density at radius 1 is 0.509 bits per heavy atom. The molecule has 9 N–H and O–H groups in total. The van der Waals surface area contributed by atoms with Crippen LogP contribution < -0.4 is 65.1 Å². The Morgan fingerprint density at radius 3 is 1.34 bits per heavy atom. The number of fused-ring (bicyclic) bond motifs is 3. The van der Waals surface area contributed by atoms with Crippen molar-refractivity contribution in [3.8, 4) is 45.4 Å². The zero-order chi connectivity index (χ0) is 83.4. The number of nitrogen functional groups attached to an aromatic ring is 2. The molecule has 28 heteroatoms. The minimum atomic E-state index is -0.399. The lowest BCUT2D eigenvalue weighted by atomic mass is 9.80. The first-order valence-electron chi connectivity index (χ1n) is 37.0. The molecule has 0 bridgehead atoms. The number of hydrogen-bond acceptors (Lipinski definition) is 21. The number of nitriles is 1. The molecule has 3 atom stereocenters. The molecule has 1 aliphatic heterocycles. The molecule has 1 fully saturated rings. The summed E-state index contributed by atoms with van der Waals surface area (Å²) in [4.78, 5) is 78.7. The Balaban J connectivity index is 0.000000151. The first-order chi connectivity index (χ1) is 55.4. The Hall–Kier alpha value is -13.2. The number of anilines is 6. The maximum Gasteiger partial charge on any atom is 0.496 e. The van der Waals surface area contributed by atoms with E-state index in [1.165, 1.54) is 12.4 Å². The quantitative estimate of drug-likeness (QED) is 0.0383. The summed E-state index contributed by atoms with van der Waals surface area (Å²) in [5.74, 6) is 0.445. The van der Waals surface area contributed by atoms with Gasteiger partial charge in [-0.3, -0.25) is 43.0 Å². The highest BCUT2D eigenvalue weighted by atomic mass is 35.5. The highest BCUT2D eigenvalue weighted by molar-refractivity contribution is 6.62. The standard InChI is InChI=1S/C29H26N8O.C24H24N4O.C17H15ClN2O.C13H21BN2O2.C5H3ClN4/c1-18(34-27-24(31-2)17-33-29(30)35-27)25-14-19-9-8-12-23(20-13-22(36(3)4)16-32-15-20)26(19)28(38)37(25)21-10-6-5-7-11-21;1-16(25)22-13-17-8-7-11-21(18-12-20(27(2)3)15-26-14-18)23(17)24(29)28(22)19-9-5-4-6-10-19;1-11(19)15-10-12-6-5-9-14(18)16(12)17(21)20(15)13-7-3-2-4-8-13;1-12(2)13(3,4)18-14(17-12)10-7-11(16(5)6)9-15-8-10;6-4-3(1-7)2-9-5(8)10-4/h5-18H,1,3-4H3,(H3,30,33,34,35);4-16H,25H2,1-3H3;2-11H,19H2,1H3;7-9H,1-6H3;2H,(H2,8,9,10)/t18-;16-;11-;;/m000../s1. The van der Waals surface area contributed by atoms with Gasteiger partial charge in [0.1, 0.15) is 17.5 Å². The van der Waals surface area contributed by atoms with Crippen molar-refractivity contribution >= 4 is 109 Å². The number of halogens is 2. The minimum absolute atomic E-state index is 0.0595. The molecule has 25 nitrogen and oxygen atoms in total. The number of hydrogen-bond donors (Lipinski definition) is 5. The maximum atomic E-state index is 14.3. The predicted molar refractivity (Wildman–Crippen MR) is 469 cm³/mol. The third-order valence-corrected chi connectivity index (χ3v) is 20.2. The van der Waals surface area contributed by atoms with Crippen LogP contribution >= 0.6 is 23.2 Å². The lowest BCUT2D eigenvalue weighted by Crippen LogP contribution is -2.41. The Kier molecular flexibility index (Phi) is 26.2. The molecular weight excluding hydrogens is 1500 g/mol. The molecule has 0 saturated carbocycles. The Labute approximate surface area is 683 Å². The first kappa shape index (κ1) is 83.8. The van der Waals surface area contributed by atoms with Gasteiger partial charge < -0.3 is 52.3 Å². The van der Waals surface area contributed by atoms with Gasteiger partial charge in [0.05, 0.1) is 86.8 Å². The van der Waals surface area contributed by atoms with Gasteiger partial charge in [-0.15, -0.1) is 0 Å². The summed E-state index contributed by atoms with van der Waals surface area (Å²) in [6, 6.07) is 58.7. The number of para-hydroxylation sites is 3. The number of nitrogens with zero attached hydrogens (tertiary/aromatic N) is 15. The monoisotopic (exact) mass is 1590 g/mol. The van der Waals surface area contributed by atoms with Crippen LogP contribution in [0.15, 0.2) is 246 Å². The summed E-state index contributed by atoms with van der Waals surface area (Å²) in [5, 5.41) is 16.4.